The van der Waals surface area contributed by atoms with Gasteiger partial charge >= 0.3 is 0 Å². The van der Waals surface area contributed by atoms with Crippen LogP contribution in [0.2, 0.25) is 0 Å². The fraction of sp³-hybridized carbons (Fsp3) is 0.389. The third kappa shape index (κ3) is 4.39. The summed E-state index contributed by atoms with van der Waals surface area (Å²) in [6.45, 7) is 4.74. The van der Waals surface area contributed by atoms with Crippen LogP contribution < -0.4 is 15.5 Å². The molecule has 8 heteroatoms. The molecule has 3 N–H and O–H groups in total. The molecule has 1 aromatic heterocycles. The largest absolute Gasteiger partial charge is 0.383 e. The molecule has 1 aliphatic rings. The van der Waals surface area contributed by atoms with Crippen LogP contribution in [0, 0.1) is 10.1 Å². The maximum atomic E-state index is 12.2. The average Bonchev–Trinajstić information content (AvgIpc) is 3.11. The highest BCUT2D eigenvalue weighted by Gasteiger charge is 2.29. The molecule has 1 aliphatic heterocycles. The molecule has 1 aromatic carbocycles. The number of carbonyl (C=O) groups excluding carboxylic acids is 1. The van der Waals surface area contributed by atoms with Crippen LogP contribution in [0.1, 0.15) is 23.4 Å². The molecule has 0 radical (unpaired) electrons. The molecule has 138 valence electrons. The maximum Gasteiger partial charge on any atom is 0.275 e. The first-order valence-electron chi connectivity index (χ1n) is 8.70. The zero-order valence-electron chi connectivity index (χ0n) is 14.7. The van der Waals surface area contributed by atoms with Crippen molar-refractivity contribution in [2.45, 2.75) is 19.4 Å². The van der Waals surface area contributed by atoms with Crippen molar-refractivity contribution in [3.05, 3.63) is 56.3 Å². The van der Waals surface area contributed by atoms with Crippen molar-refractivity contribution in [2.24, 2.45) is 0 Å². The molecular formula is C18H23N4O3S+. The van der Waals surface area contributed by atoms with E-state index in [1.807, 2.05) is 11.3 Å². The van der Waals surface area contributed by atoms with Crippen molar-refractivity contribution in [2.75, 3.05) is 31.5 Å². The third-order valence-corrected chi connectivity index (χ3v) is 5.77. The fourth-order valence-electron chi connectivity index (χ4n) is 3.27. The number of thiophene rings is 1. The molecule has 2 heterocycles. The molecule has 0 fully saturated rings. The van der Waals surface area contributed by atoms with Gasteiger partial charge in [0.1, 0.15) is 6.04 Å². The fourth-order valence-corrected chi connectivity index (χ4v) is 4.25. The number of benzene rings is 1. The first kappa shape index (κ1) is 18.3. The number of nitro benzene ring substituents is 1. The Labute approximate surface area is 156 Å². The Balaban J connectivity index is 1.39. The Bertz CT molecular complexity index is 775. The monoisotopic (exact) mass is 375 g/mol. The predicted molar refractivity (Wildman–Crippen MR) is 102 cm³/mol. The number of quaternary nitrogens is 1. The van der Waals surface area contributed by atoms with Gasteiger partial charge in [-0.2, -0.15) is 0 Å². The van der Waals surface area contributed by atoms with Crippen LogP contribution in [0.25, 0.3) is 0 Å². The van der Waals surface area contributed by atoms with Crippen LogP contribution >= 0.6 is 11.3 Å². The molecule has 2 aromatic rings. The van der Waals surface area contributed by atoms with E-state index in [1.165, 1.54) is 27.5 Å². The van der Waals surface area contributed by atoms with Crippen molar-refractivity contribution < 1.29 is 14.6 Å². The number of non-ortho nitro benzene ring substituents is 1. The minimum atomic E-state index is -0.424. The SMILES string of the molecule is C[C@H]1c2ccsc2CC[NH+]1CC(=O)NCCNc1ccc([N+](=O)[O-])cc1. The van der Waals surface area contributed by atoms with E-state index in [0.717, 1.165) is 18.7 Å². The first-order valence-corrected chi connectivity index (χ1v) is 9.58. The number of nitrogens with zero attached hydrogens (tertiary/aromatic N) is 1. The number of anilines is 1. The lowest BCUT2D eigenvalue weighted by atomic mass is 10.0. The van der Waals surface area contributed by atoms with Crippen molar-refractivity contribution in [1.29, 1.82) is 0 Å². The minimum absolute atomic E-state index is 0.0519. The third-order valence-electron chi connectivity index (χ3n) is 4.77. The van der Waals surface area contributed by atoms with Gasteiger partial charge in [-0.3, -0.25) is 14.9 Å². The zero-order valence-corrected chi connectivity index (χ0v) is 15.5. The van der Waals surface area contributed by atoms with E-state index in [-0.39, 0.29) is 11.6 Å². The molecule has 0 spiro atoms. The van der Waals surface area contributed by atoms with Gasteiger partial charge in [0.15, 0.2) is 6.54 Å². The van der Waals surface area contributed by atoms with Gasteiger partial charge < -0.3 is 15.5 Å². The predicted octanol–water partition coefficient (Wildman–Crippen LogP) is 1.39. The molecular weight excluding hydrogens is 352 g/mol. The van der Waals surface area contributed by atoms with Crippen molar-refractivity contribution in [1.82, 2.24) is 5.32 Å². The number of amides is 1. The smallest absolute Gasteiger partial charge is 0.275 e. The quantitative estimate of drug-likeness (QED) is 0.388. The Morgan fingerprint density at radius 2 is 2.08 bits per heavy atom. The molecule has 0 saturated heterocycles. The maximum absolute atomic E-state index is 12.2. The van der Waals surface area contributed by atoms with E-state index in [2.05, 4.69) is 29.0 Å². The first-order chi connectivity index (χ1) is 12.5. The van der Waals surface area contributed by atoms with Gasteiger partial charge in [0.2, 0.25) is 0 Å². The molecule has 1 amide bonds. The molecule has 0 aliphatic carbocycles. The van der Waals surface area contributed by atoms with Gasteiger partial charge in [-0.15, -0.1) is 11.3 Å². The second-order valence-electron chi connectivity index (χ2n) is 6.44. The lowest BCUT2D eigenvalue weighted by molar-refractivity contribution is -0.924. The van der Waals surface area contributed by atoms with Gasteiger partial charge in [-0.05, 0) is 30.5 Å². The highest BCUT2D eigenvalue weighted by Crippen LogP contribution is 2.24. The number of carbonyl (C=O) groups is 1. The standard InChI is InChI=1S/C18H22N4O3S/c1-13-16-7-11-26-17(16)6-10-21(13)12-18(23)20-9-8-19-14-2-4-15(5-3-14)22(24)25/h2-5,7,11,13,19H,6,8-10,12H2,1H3,(H,20,23)/p+1/t13-/m0/s1. The molecule has 7 nitrogen and oxygen atoms in total. The Morgan fingerprint density at radius 3 is 2.81 bits per heavy atom. The van der Waals surface area contributed by atoms with E-state index >= 15 is 0 Å². The zero-order chi connectivity index (χ0) is 18.5. The second kappa shape index (κ2) is 8.29. The number of fused-ring (bicyclic) bond motifs is 1. The summed E-state index contributed by atoms with van der Waals surface area (Å²) >= 11 is 1.81. The highest BCUT2D eigenvalue weighted by atomic mass is 32.1. The lowest BCUT2D eigenvalue weighted by Gasteiger charge is -2.29. The summed E-state index contributed by atoms with van der Waals surface area (Å²) < 4.78 is 0. The van der Waals surface area contributed by atoms with Crippen LogP contribution in [0.15, 0.2) is 35.7 Å². The molecule has 1 unspecified atom stereocenters. The normalized spacial score (nSPS) is 18.8. The van der Waals surface area contributed by atoms with Gasteiger partial charge in [0.05, 0.1) is 11.5 Å². The summed E-state index contributed by atoms with van der Waals surface area (Å²) in [7, 11) is 0. The average molecular weight is 375 g/mol. The number of hydrogen-bond donors (Lipinski definition) is 3. The summed E-state index contributed by atoms with van der Waals surface area (Å²) in [6, 6.07) is 8.78. The molecule has 0 saturated carbocycles. The number of nitrogens with one attached hydrogen (secondary N) is 3. The highest BCUT2D eigenvalue weighted by molar-refractivity contribution is 7.10. The van der Waals surface area contributed by atoms with Crippen molar-refractivity contribution >= 4 is 28.6 Å². The van der Waals surface area contributed by atoms with Crippen molar-refractivity contribution in [3.63, 3.8) is 0 Å². The number of rotatable bonds is 7. The molecule has 3 rings (SSSR count). The van der Waals surface area contributed by atoms with Crippen LogP contribution in [-0.2, 0) is 11.2 Å². The summed E-state index contributed by atoms with van der Waals surface area (Å²) in [5.74, 6) is 0.0519. The summed E-state index contributed by atoms with van der Waals surface area (Å²) in [6.07, 6.45) is 1.04. The summed E-state index contributed by atoms with van der Waals surface area (Å²) in [5.41, 5.74) is 2.24. The van der Waals surface area contributed by atoms with Crippen LogP contribution in [-0.4, -0.2) is 37.0 Å². The van der Waals surface area contributed by atoms with Crippen LogP contribution in [0.5, 0.6) is 0 Å². The lowest BCUT2D eigenvalue weighted by Crippen LogP contribution is -3.14. The Kier molecular flexibility index (Phi) is 5.85. The van der Waals surface area contributed by atoms with Gasteiger partial charge in [0, 0.05) is 47.8 Å². The van der Waals surface area contributed by atoms with Gasteiger partial charge in [0.25, 0.3) is 11.6 Å². The number of nitro groups is 1. The van der Waals surface area contributed by atoms with Crippen LogP contribution in [0.4, 0.5) is 11.4 Å². The minimum Gasteiger partial charge on any atom is -0.383 e. The van der Waals surface area contributed by atoms with E-state index in [4.69, 9.17) is 0 Å². The second-order valence-corrected chi connectivity index (χ2v) is 7.44. The molecule has 0 bridgehead atoms. The van der Waals surface area contributed by atoms with E-state index in [0.29, 0.717) is 25.7 Å². The van der Waals surface area contributed by atoms with E-state index in [9.17, 15) is 14.9 Å². The number of hydrogen-bond acceptors (Lipinski definition) is 5. The topological polar surface area (TPSA) is 88.7 Å². The van der Waals surface area contributed by atoms with Crippen LogP contribution in [0.3, 0.4) is 0 Å². The molecule has 26 heavy (non-hydrogen) atoms. The summed E-state index contributed by atoms with van der Waals surface area (Å²) in [4.78, 5) is 25.2. The van der Waals surface area contributed by atoms with E-state index < -0.39 is 4.92 Å². The molecule has 2 atom stereocenters. The van der Waals surface area contributed by atoms with Gasteiger partial charge in [-0.25, -0.2) is 0 Å². The van der Waals surface area contributed by atoms with Gasteiger partial charge in [-0.1, -0.05) is 0 Å². The van der Waals surface area contributed by atoms with E-state index in [1.54, 1.807) is 12.1 Å². The Morgan fingerprint density at radius 1 is 1.31 bits per heavy atom. The summed E-state index contributed by atoms with van der Waals surface area (Å²) in [5, 5.41) is 18.8. The van der Waals surface area contributed by atoms with Crippen molar-refractivity contribution in [3.8, 4) is 0 Å². The Hall–Kier alpha value is -2.45.